The second-order valence-electron chi connectivity index (χ2n) is 6.78. The van der Waals surface area contributed by atoms with Gasteiger partial charge in [-0.05, 0) is 24.1 Å². The lowest BCUT2D eigenvalue weighted by Crippen LogP contribution is -2.40. The smallest absolute Gasteiger partial charge is 0.191 e. The predicted octanol–water partition coefficient (Wildman–Crippen LogP) is 3.41. The summed E-state index contributed by atoms with van der Waals surface area (Å²) in [5.41, 5.74) is 1.30. The van der Waals surface area contributed by atoms with Crippen LogP contribution in [0.15, 0.2) is 76.9 Å². The Hall–Kier alpha value is -2.80. The van der Waals surface area contributed by atoms with Crippen molar-refractivity contribution in [2.45, 2.75) is 31.2 Å². The number of benzene rings is 2. The summed E-state index contributed by atoms with van der Waals surface area (Å²) in [5.74, 6) is 2.84. The van der Waals surface area contributed by atoms with Gasteiger partial charge in [-0.2, -0.15) is 0 Å². The van der Waals surface area contributed by atoms with Crippen LogP contribution in [-0.2, 0) is 19.4 Å². The minimum atomic E-state index is 0.748. The number of hydrogen-bond acceptors (Lipinski definition) is 4. The lowest BCUT2D eigenvalue weighted by atomic mass is 10.2. The first-order valence-corrected chi connectivity index (χ1v) is 11.4. The fourth-order valence-corrected chi connectivity index (χ4v) is 3.79. The summed E-state index contributed by atoms with van der Waals surface area (Å²) < 4.78 is 2.08. The van der Waals surface area contributed by atoms with Crippen molar-refractivity contribution < 1.29 is 0 Å². The standard InChI is InChI=1S/C23H30N6S/c1-2-22-28-27-19-29(22)17-15-25-23(24-14-13-20-9-5-3-6-10-20)26-16-18-30-21-11-7-4-8-12-21/h3-12,19H,2,13-18H2,1H3,(H2,24,25,26). The molecule has 1 aromatic heterocycles. The molecule has 0 aliphatic heterocycles. The van der Waals surface area contributed by atoms with Crippen molar-refractivity contribution >= 4 is 17.7 Å². The molecule has 0 atom stereocenters. The number of nitrogens with one attached hydrogen (secondary N) is 2. The number of aromatic nitrogens is 3. The summed E-state index contributed by atoms with van der Waals surface area (Å²) >= 11 is 1.84. The van der Waals surface area contributed by atoms with E-state index in [1.54, 1.807) is 6.33 Å². The van der Waals surface area contributed by atoms with Crippen molar-refractivity contribution in [2.75, 3.05) is 25.4 Å². The maximum atomic E-state index is 4.77. The van der Waals surface area contributed by atoms with Gasteiger partial charge in [-0.15, -0.1) is 22.0 Å². The molecular weight excluding hydrogens is 392 g/mol. The van der Waals surface area contributed by atoms with Crippen molar-refractivity contribution in [3.8, 4) is 0 Å². The highest BCUT2D eigenvalue weighted by molar-refractivity contribution is 7.99. The molecule has 0 fully saturated rings. The zero-order valence-corrected chi connectivity index (χ0v) is 18.3. The Morgan fingerprint density at radius 2 is 1.73 bits per heavy atom. The van der Waals surface area contributed by atoms with Gasteiger partial charge in [0.15, 0.2) is 5.96 Å². The van der Waals surface area contributed by atoms with E-state index >= 15 is 0 Å². The Morgan fingerprint density at radius 1 is 1.00 bits per heavy atom. The largest absolute Gasteiger partial charge is 0.356 e. The van der Waals surface area contributed by atoms with Crippen LogP contribution < -0.4 is 10.6 Å². The average Bonchev–Trinajstić information content (AvgIpc) is 3.25. The van der Waals surface area contributed by atoms with Gasteiger partial charge in [0.1, 0.15) is 12.2 Å². The maximum Gasteiger partial charge on any atom is 0.191 e. The van der Waals surface area contributed by atoms with Crippen molar-refractivity contribution in [1.82, 2.24) is 25.4 Å². The monoisotopic (exact) mass is 422 g/mol. The lowest BCUT2D eigenvalue weighted by molar-refractivity contribution is 0.633. The van der Waals surface area contributed by atoms with Gasteiger partial charge < -0.3 is 15.2 Å². The third-order valence-corrected chi connectivity index (χ3v) is 5.59. The first-order valence-electron chi connectivity index (χ1n) is 10.5. The second-order valence-corrected chi connectivity index (χ2v) is 7.94. The summed E-state index contributed by atoms with van der Waals surface area (Å²) in [6.45, 7) is 5.28. The van der Waals surface area contributed by atoms with Crippen LogP contribution in [0.25, 0.3) is 0 Å². The van der Waals surface area contributed by atoms with Crippen LogP contribution >= 0.6 is 11.8 Å². The number of guanidine groups is 1. The topological polar surface area (TPSA) is 67.1 Å². The highest BCUT2D eigenvalue weighted by Crippen LogP contribution is 2.15. The quantitative estimate of drug-likeness (QED) is 0.215. The van der Waals surface area contributed by atoms with Gasteiger partial charge in [-0.25, -0.2) is 0 Å². The van der Waals surface area contributed by atoms with E-state index in [9.17, 15) is 0 Å². The van der Waals surface area contributed by atoms with Gasteiger partial charge in [0, 0.05) is 43.2 Å². The van der Waals surface area contributed by atoms with E-state index in [-0.39, 0.29) is 0 Å². The number of hydrogen-bond donors (Lipinski definition) is 2. The Balaban J connectivity index is 1.48. The fourth-order valence-electron chi connectivity index (χ4n) is 3.01. The van der Waals surface area contributed by atoms with E-state index in [2.05, 4.69) is 80.9 Å². The molecule has 1 heterocycles. The molecule has 2 aromatic carbocycles. The van der Waals surface area contributed by atoms with Crippen LogP contribution in [-0.4, -0.2) is 46.1 Å². The van der Waals surface area contributed by atoms with E-state index in [1.165, 1.54) is 10.5 Å². The summed E-state index contributed by atoms with van der Waals surface area (Å²) in [5, 5.41) is 15.1. The first kappa shape index (κ1) is 21.9. The summed E-state index contributed by atoms with van der Waals surface area (Å²) in [6.07, 6.45) is 3.60. The minimum Gasteiger partial charge on any atom is -0.356 e. The first-order chi connectivity index (χ1) is 14.8. The highest BCUT2D eigenvalue weighted by Gasteiger charge is 2.03. The zero-order valence-electron chi connectivity index (χ0n) is 17.5. The van der Waals surface area contributed by atoms with E-state index in [4.69, 9.17) is 4.99 Å². The van der Waals surface area contributed by atoms with Crippen LogP contribution in [0.1, 0.15) is 18.3 Å². The van der Waals surface area contributed by atoms with Gasteiger partial charge >= 0.3 is 0 Å². The van der Waals surface area contributed by atoms with Crippen LogP contribution in [0.4, 0.5) is 0 Å². The van der Waals surface area contributed by atoms with Crippen molar-refractivity contribution in [3.05, 3.63) is 78.4 Å². The Morgan fingerprint density at radius 3 is 2.50 bits per heavy atom. The van der Waals surface area contributed by atoms with E-state index < -0.39 is 0 Å². The average molecular weight is 423 g/mol. The van der Waals surface area contributed by atoms with E-state index in [1.807, 2.05) is 23.9 Å². The fraction of sp³-hybridized carbons (Fsp3) is 0.348. The number of nitrogens with zero attached hydrogens (tertiary/aromatic N) is 4. The number of thioether (sulfide) groups is 1. The molecule has 0 aliphatic rings. The van der Waals surface area contributed by atoms with E-state index in [0.717, 1.165) is 56.6 Å². The number of rotatable bonds is 11. The molecule has 0 saturated heterocycles. The van der Waals surface area contributed by atoms with Gasteiger partial charge in [0.2, 0.25) is 0 Å². The molecule has 158 valence electrons. The predicted molar refractivity (Wildman–Crippen MR) is 125 cm³/mol. The van der Waals surface area contributed by atoms with Crippen LogP contribution in [0, 0.1) is 0 Å². The highest BCUT2D eigenvalue weighted by atomic mass is 32.2. The molecule has 0 saturated carbocycles. The normalized spacial score (nSPS) is 11.4. The molecule has 0 aliphatic carbocycles. The van der Waals surface area contributed by atoms with Crippen molar-refractivity contribution in [1.29, 1.82) is 0 Å². The van der Waals surface area contributed by atoms with Crippen LogP contribution in [0.5, 0.6) is 0 Å². The van der Waals surface area contributed by atoms with Crippen LogP contribution in [0.3, 0.4) is 0 Å². The van der Waals surface area contributed by atoms with Gasteiger partial charge in [-0.1, -0.05) is 55.5 Å². The SMILES string of the molecule is CCc1nncn1CCNC(=NCCc1ccccc1)NCCSc1ccccc1. The van der Waals surface area contributed by atoms with Crippen molar-refractivity contribution in [2.24, 2.45) is 4.99 Å². The third kappa shape index (κ3) is 7.55. The minimum absolute atomic E-state index is 0.748. The van der Waals surface area contributed by atoms with Crippen LogP contribution in [0.2, 0.25) is 0 Å². The van der Waals surface area contributed by atoms with Crippen molar-refractivity contribution in [3.63, 3.8) is 0 Å². The van der Waals surface area contributed by atoms with Gasteiger partial charge in [-0.3, -0.25) is 4.99 Å². The summed E-state index contributed by atoms with van der Waals surface area (Å²) in [7, 11) is 0. The molecule has 3 rings (SSSR count). The second kappa shape index (κ2) is 12.7. The third-order valence-electron chi connectivity index (χ3n) is 4.58. The van der Waals surface area contributed by atoms with E-state index in [0.29, 0.717) is 0 Å². The molecule has 0 bridgehead atoms. The molecular formula is C23H30N6S. The molecule has 6 nitrogen and oxygen atoms in total. The number of aliphatic imine (C=N–C) groups is 1. The molecule has 0 amide bonds. The molecule has 0 spiro atoms. The summed E-state index contributed by atoms with van der Waals surface area (Å²) in [6, 6.07) is 20.9. The molecule has 30 heavy (non-hydrogen) atoms. The molecule has 2 N–H and O–H groups in total. The Kier molecular flexibility index (Phi) is 9.27. The molecule has 0 radical (unpaired) electrons. The Labute approximate surface area is 183 Å². The lowest BCUT2D eigenvalue weighted by Gasteiger charge is -2.13. The molecule has 0 unspecified atom stereocenters. The maximum absolute atomic E-state index is 4.77. The molecule has 3 aromatic rings. The molecule has 7 heteroatoms. The van der Waals surface area contributed by atoms with Gasteiger partial charge in [0.25, 0.3) is 0 Å². The zero-order chi connectivity index (χ0) is 20.9. The van der Waals surface area contributed by atoms with Gasteiger partial charge in [0.05, 0.1) is 0 Å². The number of aryl methyl sites for hydroxylation is 1. The summed E-state index contributed by atoms with van der Waals surface area (Å²) in [4.78, 5) is 6.06. The Bertz CT molecular complexity index is 879.